The largest absolute Gasteiger partial charge is 0.350 e. The molecule has 23 heavy (non-hydrogen) atoms. The molecular weight excluding hydrogens is 288 g/mol. The maximum Gasteiger partial charge on any atom is 0.220 e. The summed E-state index contributed by atoms with van der Waals surface area (Å²) in [5.41, 5.74) is 2.07. The summed E-state index contributed by atoms with van der Waals surface area (Å²) in [5.74, 6) is 0.746. The summed E-state index contributed by atoms with van der Waals surface area (Å²) in [6, 6.07) is 8.07. The molecule has 5 nitrogen and oxygen atoms in total. The van der Waals surface area contributed by atoms with E-state index in [9.17, 15) is 4.79 Å². The van der Waals surface area contributed by atoms with Crippen LogP contribution in [0.15, 0.2) is 36.9 Å². The maximum absolute atomic E-state index is 12.2. The summed E-state index contributed by atoms with van der Waals surface area (Å²) < 4.78 is 1.72. The van der Waals surface area contributed by atoms with Gasteiger partial charge in [-0.1, -0.05) is 31.4 Å². The molecule has 2 aromatic rings. The molecule has 1 aliphatic rings. The van der Waals surface area contributed by atoms with Gasteiger partial charge in [-0.25, -0.2) is 9.67 Å². The van der Waals surface area contributed by atoms with Crippen molar-refractivity contribution in [2.75, 3.05) is 0 Å². The molecule has 1 unspecified atom stereocenters. The molecule has 1 N–H and O–H groups in total. The van der Waals surface area contributed by atoms with Crippen LogP contribution in [-0.4, -0.2) is 20.7 Å². The van der Waals surface area contributed by atoms with E-state index in [1.165, 1.54) is 38.4 Å². The van der Waals surface area contributed by atoms with Crippen molar-refractivity contribution in [1.82, 2.24) is 20.1 Å². The lowest BCUT2D eigenvalue weighted by molar-refractivity contribution is -0.122. The third-order valence-electron chi connectivity index (χ3n) is 4.65. The summed E-state index contributed by atoms with van der Waals surface area (Å²) >= 11 is 0. The van der Waals surface area contributed by atoms with Gasteiger partial charge in [-0.3, -0.25) is 4.79 Å². The number of benzene rings is 1. The Morgan fingerprint density at radius 3 is 2.65 bits per heavy atom. The smallest absolute Gasteiger partial charge is 0.220 e. The summed E-state index contributed by atoms with van der Waals surface area (Å²) in [5, 5.41) is 7.23. The summed E-state index contributed by atoms with van der Waals surface area (Å²) in [6.07, 6.45) is 10.1. The minimum absolute atomic E-state index is 0.0240. The molecule has 0 saturated heterocycles. The van der Waals surface area contributed by atoms with Crippen LogP contribution in [0.2, 0.25) is 0 Å². The summed E-state index contributed by atoms with van der Waals surface area (Å²) in [6.45, 7) is 2.03. The summed E-state index contributed by atoms with van der Waals surface area (Å²) in [7, 11) is 0. The molecule has 122 valence electrons. The molecule has 0 radical (unpaired) electrons. The molecule has 1 aromatic carbocycles. The quantitative estimate of drug-likeness (QED) is 0.920. The molecular formula is C18H24N4O. The molecule has 3 rings (SSSR count). The molecule has 0 spiro atoms. The number of hydrogen-bond acceptors (Lipinski definition) is 3. The Kier molecular flexibility index (Phi) is 5.05. The van der Waals surface area contributed by atoms with E-state index in [2.05, 4.69) is 15.4 Å². The molecule has 1 heterocycles. The van der Waals surface area contributed by atoms with Crippen LogP contribution in [0.5, 0.6) is 0 Å². The Balaban J connectivity index is 1.55. The van der Waals surface area contributed by atoms with Crippen LogP contribution in [0.25, 0.3) is 5.69 Å². The second kappa shape index (κ2) is 7.40. The second-order valence-electron chi connectivity index (χ2n) is 6.43. The van der Waals surface area contributed by atoms with Crippen molar-refractivity contribution >= 4 is 5.91 Å². The SMILES string of the molecule is CC(NC(=O)CC1CCCCC1)c1ccc(-n2cncn2)cc1. The zero-order chi connectivity index (χ0) is 16.1. The van der Waals surface area contributed by atoms with Crippen LogP contribution in [-0.2, 0) is 4.79 Å². The zero-order valence-electron chi connectivity index (χ0n) is 13.6. The van der Waals surface area contributed by atoms with Crippen molar-refractivity contribution in [2.45, 2.75) is 51.5 Å². The molecule has 0 bridgehead atoms. The van der Waals surface area contributed by atoms with Crippen LogP contribution in [0.1, 0.15) is 57.1 Å². The highest BCUT2D eigenvalue weighted by molar-refractivity contribution is 5.76. The lowest BCUT2D eigenvalue weighted by Gasteiger charge is -2.22. The molecule has 0 aliphatic heterocycles. The van der Waals surface area contributed by atoms with Crippen LogP contribution >= 0.6 is 0 Å². The van der Waals surface area contributed by atoms with Gasteiger partial charge in [-0.2, -0.15) is 5.10 Å². The van der Waals surface area contributed by atoms with Crippen molar-refractivity contribution in [3.8, 4) is 5.69 Å². The van der Waals surface area contributed by atoms with E-state index < -0.39 is 0 Å². The molecule has 1 amide bonds. The highest BCUT2D eigenvalue weighted by atomic mass is 16.1. The van der Waals surface area contributed by atoms with Gasteiger partial charge in [0.05, 0.1) is 11.7 Å². The van der Waals surface area contributed by atoms with E-state index in [-0.39, 0.29) is 11.9 Å². The van der Waals surface area contributed by atoms with Crippen LogP contribution in [0, 0.1) is 5.92 Å². The van der Waals surface area contributed by atoms with Gasteiger partial charge >= 0.3 is 0 Å². The third-order valence-corrected chi connectivity index (χ3v) is 4.65. The Labute approximate surface area is 137 Å². The standard InChI is InChI=1S/C18H24N4O/c1-14(21-18(23)11-15-5-3-2-4-6-15)16-7-9-17(10-8-16)22-13-19-12-20-22/h7-10,12-15H,2-6,11H2,1H3,(H,21,23). The number of aromatic nitrogens is 3. The monoisotopic (exact) mass is 312 g/mol. The molecule has 1 aromatic heterocycles. The van der Waals surface area contributed by atoms with Crippen molar-refractivity contribution in [1.29, 1.82) is 0 Å². The fourth-order valence-electron chi connectivity index (χ4n) is 3.29. The fraction of sp³-hybridized carbons (Fsp3) is 0.500. The predicted octanol–water partition coefficient (Wildman–Crippen LogP) is 3.41. The number of rotatable bonds is 5. The first-order valence-electron chi connectivity index (χ1n) is 8.46. The van der Waals surface area contributed by atoms with Gasteiger partial charge in [0.15, 0.2) is 0 Å². The highest BCUT2D eigenvalue weighted by Gasteiger charge is 2.18. The molecule has 1 aliphatic carbocycles. The average molecular weight is 312 g/mol. The normalized spacial score (nSPS) is 16.9. The van der Waals surface area contributed by atoms with Gasteiger partial charge < -0.3 is 5.32 Å². The van der Waals surface area contributed by atoms with Gasteiger partial charge in [-0.05, 0) is 43.4 Å². The van der Waals surface area contributed by atoms with Gasteiger partial charge in [-0.15, -0.1) is 0 Å². The van der Waals surface area contributed by atoms with E-state index in [1.54, 1.807) is 11.0 Å². The first-order valence-corrected chi connectivity index (χ1v) is 8.46. The van der Waals surface area contributed by atoms with Crippen molar-refractivity contribution in [3.05, 3.63) is 42.5 Å². The molecule has 1 saturated carbocycles. The van der Waals surface area contributed by atoms with E-state index in [1.807, 2.05) is 31.2 Å². The lowest BCUT2D eigenvalue weighted by Crippen LogP contribution is -2.28. The van der Waals surface area contributed by atoms with Crippen LogP contribution in [0.3, 0.4) is 0 Å². The number of carbonyl (C=O) groups is 1. The van der Waals surface area contributed by atoms with Crippen molar-refractivity contribution in [3.63, 3.8) is 0 Å². The zero-order valence-corrected chi connectivity index (χ0v) is 13.6. The number of nitrogens with one attached hydrogen (secondary N) is 1. The van der Waals surface area contributed by atoms with Gasteiger partial charge in [0.2, 0.25) is 5.91 Å². The lowest BCUT2D eigenvalue weighted by atomic mass is 9.87. The van der Waals surface area contributed by atoms with E-state index >= 15 is 0 Å². The first-order chi connectivity index (χ1) is 11.2. The number of carbonyl (C=O) groups excluding carboxylic acids is 1. The van der Waals surface area contributed by atoms with Gasteiger partial charge in [0, 0.05) is 6.42 Å². The summed E-state index contributed by atoms with van der Waals surface area (Å²) in [4.78, 5) is 16.2. The van der Waals surface area contributed by atoms with Gasteiger partial charge in [0.1, 0.15) is 12.7 Å². The Bertz CT molecular complexity index is 615. The van der Waals surface area contributed by atoms with E-state index in [0.717, 1.165) is 11.3 Å². The number of nitrogens with zero attached hydrogens (tertiary/aromatic N) is 3. The minimum atomic E-state index is 0.0240. The number of amides is 1. The fourth-order valence-corrected chi connectivity index (χ4v) is 3.29. The van der Waals surface area contributed by atoms with Crippen LogP contribution < -0.4 is 5.32 Å². The van der Waals surface area contributed by atoms with Crippen LogP contribution in [0.4, 0.5) is 0 Å². The second-order valence-corrected chi connectivity index (χ2v) is 6.43. The minimum Gasteiger partial charge on any atom is -0.350 e. The first kappa shape index (κ1) is 15.7. The topological polar surface area (TPSA) is 59.8 Å². The molecule has 1 atom stereocenters. The van der Waals surface area contributed by atoms with Crippen molar-refractivity contribution < 1.29 is 4.79 Å². The maximum atomic E-state index is 12.2. The highest BCUT2D eigenvalue weighted by Crippen LogP contribution is 2.26. The molecule has 1 fully saturated rings. The van der Waals surface area contributed by atoms with Crippen molar-refractivity contribution in [2.24, 2.45) is 5.92 Å². The average Bonchev–Trinajstić information content (AvgIpc) is 3.10. The number of hydrogen-bond donors (Lipinski definition) is 1. The van der Waals surface area contributed by atoms with Gasteiger partial charge in [0.25, 0.3) is 0 Å². The molecule has 5 heteroatoms. The predicted molar refractivity (Wildman–Crippen MR) is 89.1 cm³/mol. The Morgan fingerprint density at radius 2 is 2.00 bits per heavy atom. The third kappa shape index (κ3) is 4.18. The van der Waals surface area contributed by atoms with E-state index in [0.29, 0.717) is 12.3 Å². The Morgan fingerprint density at radius 1 is 1.26 bits per heavy atom. The Hall–Kier alpha value is -2.17. The van der Waals surface area contributed by atoms with E-state index in [4.69, 9.17) is 0 Å².